The molecule has 0 unspecified atom stereocenters. The number of nitrogens with zero attached hydrogens (tertiary/aromatic N) is 1. The highest BCUT2D eigenvalue weighted by molar-refractivity contribution is 5.85. The summed E-state index contributed by atoms with van der Waals surface area (Å²) in [5.74, 6) is -1.25. The van der Waals surface area contributed by atoms with Crippen molar-refractivity contribution in [3.63, 3.8) is 0 Å². The van der Waals surface area contributed by atoms with Crippen LogP contribution in [-0.2, 0) is 17.8 Å². The maximum atomic E-state index is 13.9. The lowest BCUT2D eigenvalue weighted by molar-refractivity contribution is -0.132. The molecule has 0 bridgehead atoms. The van der Waals surface area contributed by atoms with Crippen molar-refractivity contribution in [3.05, 3.63) is 65.2 Å². The summed E-state index contributed by atoms with van der Waals surface area (Å²) in [5, 5.41) is 0. The third-order valence-electron chi connectivity index (χ3n) is 4.33. The highest BCUT2D eigenvalue weighted by Crippen LogP contribution is 2.30. The summed E-state index contributed by atoms with van der Waals surface area (Å²) in [7, 11) is 0. The quantitative estimate of drug-likeness (QED) is 0.782. The van der Waals surface area contributed by atoms with Gasteiger partial charge in [-0.2, -0.15) is 0 Å². The largest absolute Gasteiger partial charge is 0.399 e. The first-order valence-corrected chi connectivity index (χ1v) is 8.11. The van der Waals surface area contributed by atoms with Crippen LogP contribution in [0.3, 0.4) is 0 Å². The van der Waals surface area contributed by atoms with E-state index < -0.39 is 11.6 Å². The molecule has 3 rings (SSSR count). The Kier molecular flexibility index (Phi) is 6.37. The van der Waals surface area contributed by atoms with E-state index in [-0.39, 0.29) is 30.9 Å². The van der Waals surface area contributed by atoms with Crippen molar-refractivity contribution in [2.45, 2.75) is 38.3 Å². The molecule has 1 aliphatic carbocycles. The van der Waals surface area contributed by atoms with Crippen LogP contribution in [0.15, 0.2) is 42.5 Å². The van der Waals surface area contributed by atoms with E-state index in [1.54, 1.807) is 4.90 Å². The van der Waals surface area contributed by atoms with Crippen molar-refractivity contribution in [1.29, 1.82) is 0 Å². The van der Waals surface area contributed by atoms with E-state index in [0.717, 1.165) is 24.5 Å². The molecule has 1 aliphatic rings. The maximum Gasteiger partial charge on any atom is 0.223 e. The second-order valence-corrected chi connectivity index (χ2v) is 6.19. The molecule has 3 nitrogen and oxygen atoms in total. The molecule has 0 aliphatic heterocycles. The van der Waals surface area contributed by atoms with E-state index in [1.165, 1.54) is 12.1 Å². The van der Waals surface area contributed by atoms with Gasteiger partial charge in [-0.05, 0) is 37.0 Å². The molecule has 0 spiro atoms. The average molecular weight is 367 g/mol. The van der Waals surface area contributed by atoms with Gasteiger partial charge in [-0.1, -0.05) is 24.3 Å². The Morgan fingerprint density at radius 3 is 2.48 bits per heavy atom. The molecule has 1 amide bonds. The normalized spacial score (nSPS) is 13.2. The highest BCUT2D eigenvalue weighted by Gasteiger charge is 2.32. The van der Waals surface area contributed by atoms with Crippen molar-refractivity contribution in [2.24, 2.45) is 0 Å². The van der Waals surface area contributed by atoms with Crippen molar-refractivity contribution in [1.82, 2.24) is 4.90 Å². The molecule has 6 heteroatoms. The molecule has 2 aromatic carbocycles. The molecular formula is C19H21ClF2N2O. The van der Waals surface area contributed by atoms with Crippen LogP contribution in [0.1, 0.15) is 30.4 Å². The van der Waals surface area contributed by atoms with Crippen LogP contribution in [0.4, 0.5) is 14.5 Å². The molecule has 1 saturated carbocycles. The van der Waals surface area contributed by atoms with Crippen molar-refractivity contribution >= 4 is 24.0 Å². The fourth-order valence-electron chi connectivity index (χ4n) is 2.79. The van der Waals surface area contributed by atoms with Gasteiger partial charge in [-0.25, -0.2) is 8.78 Å². The summed E-state index contributed by atoms with van der Waals surface area (Å²) in [4.78, 5) is 14.3. The van der Waals surface area contributed by atoms with Gasteiger partial charge in [0.2, 0.25) is 5.91 Å². The molecule has 2 N–H and O–H groups in total. The SMILES string of the molecule is Cl.Nc1ccccc1CCC(=O)N(Cc1ccc(F)cc1F)C1CC1. The van der Waals surface area contributed by atoms with E-state index in [0.29, 0.717) is 24.1 Å². The number of rotatable bonds is 6. The lowest BCUT2D eigenvalue weighted by atomic mass is 10.1. The Hall–Kier alpha value is -2.14. The number of carbonyl (C=O) groups is 1. The number of hydrogen-bond acceptors (Lipinski definition) is 2. The lowest BCUT2D eigenvalue weighted by Gasteiger charge is -2.23. The number of nitrogen functional groups attached to an aromatic ring is 1. The predicted molar refractivity (Wildman–Crippen MR) is 96.4 cm³/mol. The van der Waals surface area contributed by atoms with Gasteiger partial charge in [0.05, 0.1) is 0 Å². The lowest BCUT2D eigenvalue weighted by Crippen LogP contribution is -2.33. The van der Waals surface area contributed by atoms with Crippen LogP contribution in [0.25, 0.3) is 0 Å². The van der Waals surface area contributed by atoms with Crippen LogP contribution in [0.5, 0.6) is 0 Å². The van der Waals surface area contributed by atoms with Gasteiger partial charge in [-0.15, -0.1) is 12.4 Å². The van der Waals surface area contributed by atoms with Crippen molar-refractivity contribution < 1.29 is 13.6 Å². The first kappa shape index (κ1) is 19.2. The van der Waals surface area contributed by atoms with Gasteiger partial charge in [-0.3, -0.25) is 4.79 Å². The minimum absolute atomic E-state index is 0. The number of hydrogen-bond donors (Lipinski definition) is 1. The number of anilines is 1. The van der Waals surface area contributed by atoms with Crippen LogP contribution in [0, 0.1) is 11.6 Å². The maximum absolute atomic E-state index is 13.9. The zero-order valence-electron chi connectivity index (χ0n) is 13.8. The Bertz CT molecular complexity index is 750. The summed E-state index contributed by atoms with van der Waals surface area (Å²) in [6, 6.07) is 11.1. The molecule has 25 heavy (non-hydrogen) atoms. The minimum atomic E-state index is -0.611. The number of carbonyl (C=O) groups excluding carboxylic acids is 1. The first-order valence-electron chi connectivity index (χ1n) is 8.11. The van der Waals surface area contributed by atoms with Gasteiger partial charge in [0.25, 0.3) is 0 Å². The number of nitrogens with two attached hydrogens (primary N) is 1. The summed E-state index contributed by atoms with van der Waals surface area (Å²) in [5.41, 5.74) is 7.86. The molecular weight excluding hydrogens is 346 g/mol. The Morgan fingerprint density at radius 2 is 1.84 bits per heavy atom. The standard InChI is InChI=1S/C19H20F2N2O.ClH/c20-15-7-5-14(17(21)11-15)12-23(16-8-9-16)19(24)10-6-13-3-1-2-4-18(13)22;/h1-5,7,11,16H,6,8-10,12,22H2;1H. The van der Waals surface area contributed by atoms with Gasteiger partial charge in [0.15, 0.2) is 0 Å². The predicted octanol–water partition coefficient (Wildman–Crippen LogP) is 4.09. The number of amides is 1. The topological polar surface area (TPSA) is 46.3 Å². The van der Waals surface area contributed by atoms with Gasteiger partial charge < -0.3 is 10.6 Å². The van der Waals surface area contributed by atoms with Gasteiger partial charge in [0.1, 0.15) is 11.6 Å². The Labute approximate surface area is 152 Å². The second kappa shape index (κ2) is 8.30. The average Bonchev–Trinajstić information content (AvgIpc) is 3.38. The smallest absolute Gasteiger partial charge is 0.223 e. The third kappa shape index (κ3) is 4.92. The van der Waals surface area contributed by atoms with Crippen LogP contribution in [0.2, 0.25) is 0 Å². The highest BCUT2D eigenvalue weighted by atomic mass is 35.5. The number of aryl methyl sites for hydroxylation is 1. The Morgan fingerprint density at radius 1 is 1.12 bits per heavy atom. The summed E-state index contributed by atoms with van der Waals surface area (Å²) >= 11 is 0. The summed E-state index contributed by atoms with van der Waals surface area (Å²) in [6.45, 7) is 0.180. The second-order valence-electron chi connectivity index (χ2n) is 6.19. The molecule has 0 radical (unpaired) electrons. The zero-order valence-corrected chi connectivity index (χ0v) is 14.6. The van der Waals surface area contributed by atoms with Crippen LogP contribution >= 0.6 is 12.4 Å². The van der Waals surface area contributed by atoms with Gasteiger partial charge in [0, 0.05) is 36.3 Å². The summed E-state index contributed by atoms with van der Waals surface area (Å²) in [6.07, 6.45) is 2.75. The molecule has 134 valence electrons. The number of benzene rings is 2. The van der Waals surface area contributed by atoms with Crippen LogP contribution in [-0.4, -0.2) is 16.8 Å². The fourth-order valence-corrected chi connectivity index (χ4v) is 2.79. The monoisotopic (exact) mass is 366 g/mol. The minimum Gasteiger partial charge on any atom is -0.399 e. The van der Waals surface area contributed by atoms with E-state index in [2.05, 4.69) is 0 Å². The zero-order chi connectivity index (χ0) is 17.1. The van der Waals surface area contributed by atoms with Gasteiger partial charge >= 0.3 is 0 Å². The van der Waals surface area contributed by atoms with E-state index in [1.807, 2.05) is 24.3 Å². The number of halogens is 3. The third-order valence-corrected chi connectivity index (χ3v) is 4.33. The van der Waals surface area contributed by atoms with E-state index in [4.69, 9.17) is 5.73 Å². The van der Waals surface area contributed by atoms with Crippen molar-refractivity contribution in [2.75, 3.05) is 5.73 Å². The van der Waals surface area contributed by atoms with E-state index in [9.17, 15) is 13.6 Å². The summed E-state index contributed by atoms with van der Waals surface area (Å²) < 4.78 is 26.9. The van der Waals surface area contributed by atoms with Crippen LogP contribution < -0.4 is 5.73 Å². The molecule has 2 aromatic rings. The Balaban J connectivity index is 0.00000225. The molecule has 0 saturated heterocycles. The molecule has 0 heterocycles. The van der Waals surface area contributed by atoms with Crippen molar-refractivity contribution in [3.8, 4) is 0 Å². The molecule has 0 atom stereocenters. The molecule has 1 fully saturated rings. The first-order chi connectivity index (χ1) is 11.5. The molecule has 0 aromatic heterocycles. The fraction of sp³-hybridized carbons (Fsp3) is 0.316. The number of para-hydroxylation sites is 1. The van der Waals surface area contributed by atoms with E-state index >= 15 is 0 Å².